The molecule has 2 amide bonds. The largest absolute Gasteiger partial charge is 0.466 e. The van der Waals surface area contributed by atoms with Gasteiger partial charge in [-0.2, -0.15) is 18.3 Å². The number of furan rings is 1. The molecule has 10 heteroatoms. The molecule has 0 spiro atoms. The van der Waals surface area contributed by atoms with E-state index in [0.717, 1.165) is 10.7 Å². The third-order valence-electron chi connectivity index (χ3n) is 3.85. The molecule has 3 rings (SSSR count). The van der Waals surface area contributed by atoms with E-state index in [9.17, 15) is 22.8 Å². The Hall–Kier alpha value is -3.56. The number of hydrazine groups is 1. The molecule has 2 aromatic heterocycles. The first-order valence-electron chi connectivity index (χ1n) is 8.06. The SMILES string of the molecule is Cc1cc(C(=O)NNC(=O)c2ccc(-n3ccc(C(F)(F)F)n3)cc2)c(C)o1. The molecule has 3 aromatic rings. The van der Waals surface area contributed by atoms with Gasteiger partial charge >= 0.3 is 6.18 Å². The van der Waals surface area contributed by atoms with Gasteiger partial charge in [-0.3, -0.25) is 20.4 Å². The van der Waals surface area contributed by atoms with Crippen molar-refractivity contribution in [3.63, 3.8) is 0 Å². The summed E-state index contributed by atoms with van der Waals surface area (Å²) in [6, 6.07) is 8.08. The molecule has 0 bridgehead atoms. The van der Waals surface area contributed by atoms with Crippen molar-refractivity contribution in [1.82, 2.24) is 20.6 Å². The minimum atomic E-state index is -4.53. The summed E-state index contributed by atoms with van der Waals surface area (Å²) in [5, 5.41) is 3.45. The lowest BCUT2D eigenvalue weighted by Crippen LogP contribution is -2.41. The molecule has 0 saturated heterocycles. The molecule has 0 aliphatic carbocycles. The number of nitrogens with one attached hydrogen (secondary N) is 2. The maximum atomic E-state index is 12.6. The summed E-state index contributed by atoms with van der Waals surface area (Å²) in [6.07, 6.45) is -3.36. The van der Waals surface area contributed by atoms with Crippen molar-refractivity contribution in [2.75, 3.05) is 0 Å². The number of rotatable bonds is 3. The molecule has 0 aliphatic heterocycles. The number of hydrogen-bond donors (Lipinski definition) is 2. The van der Waals surface area contributed by atoms with Crippen LogP contribution in [-0.4, -0.2) is 21.6 Å². The van der Waals surface area contributed by atoms with E-state index in [2.05, 4.69) is 16.0 Å². The van der Waals surface area contributed by atoms with Crippen molar-refractivity contribution < 1.29 is 27.2 Å². The number of alkyl halides is 3. The predicted molar refractivity (Wildman–Crippen MR) is 91.7 cm³/mol. The van der Waals surface area contributed by atoms with E-state index in [0.29, 0.717) is 22.8 Å². The van der Waals surface area contributed by atoms with Crippen LogP contribution in [-0.2, 0) is 6.18 Å². The quantitative estimate of drug-likeness (QED) is 0.670. The number of amides is 2. The summed E-state index contributed by atoms with van der Waals surface area (Å²) in [7, 11) is 0. The van der Waals surface area contributed by atoms with Gasteiger partial charge in [-0.15, -0.1) is 0 Å². The highest BCUT2D eigenvalue weighted by Gasteiger charge is 2.33. The van der Waals surface area contributed by atoms with Gasteiger partial charge in [0.25, 0.3) is 11.8 Å². The minimum Gasteiger partial charge on any atom is -0.466 e. The molecule has 0 aliphatic rings. The van der Waals surface area contributed by atoms with Gasteiger partial charge in [-0.05, 0) is 50.2 Å². The van der Waals surface area contributed by atoms with E-state index in [1.807, 2.05) is 0 Å². The van der Waals surface area contributed by atoms with Crippen LogP contribution in [0.5, 0.6) is 0 Å². The van der Waals surface area contributed by atoms with E-state index in [4.69, 9.17) is 4.42 Å². The first kappa shape index (κ1) is 19.2. The first-order chi connectivity index (χ1) is 13.1. The molecule has 2 heterocycles. The van der Waals surface area contributed by atoms with Gasteiger partial charge in [0.05, 0.1) is 11.3 Å². The number of carbonyl (C=O) groups excluding carboxylic acids is 2. The summed E-state index contributed by atoms with van der Waals surface area (Å²) in [6.45, 7) is 3.32. The molecular weight excluding hydrogens is 377 g/mol. The lowest BCUT2D eigenvalue weighted by atomic mass is 10.2. The van der Waals surface area contributed by atoms with Crippen molar-refractivity contribution >= 4 is 11.8 Å². The minimum absolute atomic E-state index is 0.201. The summed E-state index contributed by atoms with van der Waals surface area (Å²) in [5.41, 5.74) is 4.38. The summed E-state index contributed by atoms with van der Waals surface area (Å²) in [4.78, 5) is 24.2. The van der Waals surface area contributed by atoms with Crippen molar-refractivity contribution in [3.05, 3.63) is 70.9 Å². The van der Waals surface area contributed by atoms with Crippen molar-refractivity contribution in [1.29, 1.82) is 0 Å². The topological polar surface area (TPSA) is 89.2 Å². The number of halogens is 3. The lowest BCUT2D eigenvalue weighted by Gasteiger charge is -2.08. The van der Waals surface area contributed by atoms with Gasteiger partial charge < -0.3 is 4.42 Å². The zero-order valence-corrected chi connectivity index (χ0v) is 14.8. The Morgan fingerprint density at radius 3 is 2.21 bits per heavy atom. The van der Waals surface area contributed by atoms with Crippen LogP contribution in [0, 0.1) is 13.8 Å². The van der Waals surface area contributed by atoms with Crippen molar-refractivity contribution in [2.45, 2.75) is 20.0 Å². The normalized spacial score (nSPS) is 11.3. The molecule has 0 atom stereocenters. The van der Waals surface area contributed by atoms with Crippen LogP contribution in [0.3, 0.4) is 0 Å². The number of hydrogen-bond acceptors (Lipinski definition) is 4. The van der Waals surface area contributed by atoms with Crippen molar-refractivity contribution in [3.8, 4) is 5.69 Å². The Balaban J connectivity index is 1.64. The van der Waals surface area contributed by atoms with E-state index >= 15 is 0 Å². The Morgan fingerprint density at radius 1 is 1.04 bits per heavy atom. The van der Waals surface area contributed by atoms with Gasteiger partial charge in [-0.25, -0.2) is 4.68 Å². The van der Waals surface area contributed by atoms with E-state index < -0.39 is 23.7 Å². The third kappa shape index (κ3) is 4.05. The average molecular weight is 392 g/mol. The Labute approximate surface area is 157 Å². The second kappa shape index (κ2) is 7.22. The summed E-state index contributed by atoms with van der Waals surface area (Å²) >= 11 is 0. The third-order valence-corrected chi connectivity index (χ3v) is 3.85. The fourth-order valence-corrected chi connectivity index (χ4v) is 2.49. The van der Waals surface area contributed by atoms with Crippen LogP contribution in [0.1, 0.15) is 37.9 Å². The Morgan fingerprint density at radius 2 is 1.68 bits per heavy atom. The standard InChI is InChI=1S/C18H15F3N4O3/c1-10-9-14(11(2)28-10)17(27)23-22-16(26)12-3-5-13(6-4-12)25-8-7-15(24-25)18(19,20)21/h3-9H,1-2H3,(H,22,26)(H,23,27). The molecule has 0 saturated carbocycles. The van der Waals surface area contributed by atoms with E-state index in [1.54, 1.807) is 19.9 Å². The van der Waals surface area contributed by atoms with Crippen LogP contribution in [0.15, 0.2) is 47.0 Å². The second-order valence-corrected chi connectivity index (χ2v) is 5.93. The van der Waals surface area contributed by atoms with E-state index in [-0.39, 0.29) is 5.56 Å². The molecular formula is C18H15F3N4O3. The van der Waals surface area contributed by atoms with Crippen LogP contribution in [0.25, 0.3) is 5.69 Å². The zero-order chi connectivity index (χ0) is 20.5. The van der Waals surface area contributed by atoms with Crippen LogP contribution >= 0.6 is 0 Å². The monoisotopic (exact) mass is 392 g/mol. The molecule has 1 aromatic carbocycles. The maximum absolute atomic E-state index is 12.6. The lowest BCUT2D eigenvalue weighted by molar-refractivity contribution is -0.141. The smallest absolute Gasteiger partial charge is 0.435 e. The molecule has 0 unspecified atom stereocenters. The number of aromatic nitrogens is 2. The number of carbonyl (C=O) groups is 2. The highest BCUT2D eigenvalue weighted by Crippen LogP contribution is 2.27. The molecule has 0 radical (unpaired) electrons. The highest BCUT2D eigenvalue weighted by atomic mass is 19.4. The second-order valence-electron chi connectivity index (χ2n) is 5.93. The molecule has 0 fully saturated rings. The van der Waals surface area contributed by atoms with Gasteiger partial charge in [-0.1, -0.05) is 0 Å². The fourth-order valence-electron chi connectivity index (χ4n) is 2.49. The molecule has 2 N–H and O–H groups in total. The zero-order valence-electron chi connectivity index (χ0n) is 14.8. The predicted octanol–water partition coefficient (Wildman–Crippen LogP) is 3.18. The average Bonchev–Trinajstić information content (AvgIpc) is 3.26. The van der Waals surface area contributed by atoms with Crippen molar-refractivity contribution in [2.24, 2.45) is 0 Å². The van der Waals surface area contributed by atoms with Gasteiger partial charge in [0.15, 0.2) is 5.69 Å². The highest BCUT2D eigenvalue weighted by molar-refractivity contribution is 5.99. The number of benzene rings is 1. The summed E-state index contributed by atoms with van der Waals surface area (Å²) in [5.74, 6) is -0.132. The first-order valence-corrected chi connectivity index (χ1v) is 8.06. The van der Waals surface area contributed by atoms with Gasteiger partial charge in [0.2, 0.25) is 0 Å². The number of aryl methyl sites for hydroxylation is 2. The Kier molecular flexibility index (Phi) is 4.95. The van der Waals surface area contributed by atoms with E-state index in [1.165, 1.54) is 30.5 Å². The maximum Gasteiger partial charge on any atom is 0.435 e. The fraction of sp³-hybridized carbons (Fsp3) is 0.167. The Bertz CT molecular complexity index is 1020. The molecule has 7 nitrogen and oxygen atoms in total. The molecule has 146 valence electrons. The van der Waals surface area contributed by atoms with Crippen LogP contribution in [0.2, 0.25) is 0 Å². The van der Waals surface area contributed by atoms with Crippen LogP contribution < -0.4 is 10.9 Å². The van der Waals surface area contributed by atoms with Gasteiger partial charge in [0.1, 0.15) is 11.5 Å². The molecule has 28 heavy (non-hydrogen) atoms. The summed E-state index contributed by atoms with van der Waals surface area (Å²) < 4.78 is 44.2. The number of nitrogens with zero attached hydrogens (tertiary/aromatic N) is 2. The van der Waals surface area contributed by atoms with Crippen LogP contribution in [0.4, 0.5) is 13.2 Å². The van der Waals surface area contributed by atoms with Gasteiger partial charge in [0, 0.05) is 11.8 Å².